The van der Waals surface area contributed by atoms with Crippen LogP contribution in [0.5, 0.6) is 0 Å². The minimum atomic E-state index is -4.34. The van der Waals surface area contributed by atoms with Gasteiger partial charge in [0.25, 0.3) is 0 Å². The van der Waals surface area contributed by atoms with Crippen molar-refractivity contribution in [3.8, 4) is 0 Å². The lowest BCUT2D eigenvalue weighted by Crippen LogP contribution is -2.48. The molecule has 0 saturated carbocycles. The second-order valence-electron chi connectivity index (χ2n) is 5.04. The fraction of sp³-hybridized carbons (Fsp3) is 0.615. The van der Waals surface area contributed by atoms with E-state index in [4.69, 9.17) is 0 Å². The fourth-order valence-electron chi connectivity index (χ4n) is 2.30. The molecular formula is C13H18F3N3O. The first kappa shape index (κ1) is 15.1. The zero-order valence-corrected chi connectivity index (χ0v) is 11.3. The lowest BCUT2D eigenvalue weighted by molar-refractivity contribution is -0.137. The Morgan fingerprint density at radius 3 is 2.50 bits per heavy atom. The molecule has 0 radical (unpaired) electrons. The zero-order chi connectivity index (χ0) is 14.8. The average Bonchev–Trinajstić information content (AvgIpc) is 2.38. The first-order valence-electron chi connectivity index (χ1n) is 6.55. The van der Waals surface area contributed by atoms with Crippen molar-refractivity contribution in [2.45, 2.75) is 19.2 Å². The number of anilines is 1. The van der Waals surface area contributed by atoms with Crippen LogP contribution >= 0.6 is 0 Å². The number of rotatable bonds is 3. The fourth-order valence-corrected chi connectivity index (χ4v) is 2.30. The Kier molecular flexibility index (Phi) is 4.49. The van der Waals surface area contributed by atoms with Crippen molar-refractivity contribution >= 4 is 5.82 Å². The van der Waals surface area contributed by atoms with Crippen molar-refractivity contribution in [2.24, 2.45) is 0 Å². The average molecular weight is 289 g/mol. The maximum Gasteiger partial charge on any atom is 0.416 e. The van der Waals surface area contributed by atoms with E-state index in [0.29, 0.717) is 38.5 Å². The molecule has 7 heteroatoms. The summed E-state index contributed by atoms with van der Waals surface area (Å²) in [5.74, 6) is 0.358. The van der Waals surface area contributed by atoms with Crippen molar-refractivity contribution < 1.29 is 18.3 Å². The summed E-state index contributed by atoms with van der Waals surface area (Å²) >= 11 is 0. The van der Waals surface area contributed by atoms with Gasteiger partial charge in [-0.2, -0.15) is 13.2 Å². The van der Waals surface area contributed by atoms with Crippen LogP contribution in [0.4, 0.5) is 19.0 Å². The summed E-state index contributed by atoms with van der Waals surface area (Å²) < 4.78 is 38.0. The molecule has 0 unspecified atom stereocenters. The molecule has 1 saturated heterocycles. The van der Waals surface area contributed by atoms with Gasteiger partial charge in [-0.05, 0) is 19.1 Å². The summed E-state index contributed by atoms with van der Waals surface area (Å²) in [6.07, 6.45) is -3.54. The topological polar surface area (TPSA) is 39.6 Å². The number of piperazine rings is 1. The minimum absolute atomic E-state index is 0.358. The molecule has 0 aliphatic carbocycles. The van der Waals surface area contributed by atoms with Gasteiger partial charge in [-0.15, -0.1) is 0 Å². The van der Waals surface area contributed by atoms with Crippen LogP contribution in [0.15, 0.2) is 18.3 Å². The van der Waals surface area contributed by atoms with Crippen molar-refractivity contribution in [1.29, 1.82) is 0 Å². The number of alkyl halides is 3. The van der Waals surface area contributed by atoms with Crippen LogP contribution in [-0.4, -0.2) is 53.8 Å². The molecule has 20 heavy (non-hydrogen) atoms. The number of aromatic nitrogens is 1. The van der Waals surface area contributed by atoms with E-state index in [0.717, 1.165) is 12.1 Å². The summed E-state index contributed by atoms with van der Waals surface area (Å²) in [4.78, 5) is 7.95. The molecule has 1 aromatic rings. The molecule has 112 valence electrons. The number of β-amino-alcohol motifs (C(OH)–C–C–N with tert-alkyl or cyclic N) is 1. The molecule has 1 aliphatic heterocycles. The van der Waals surface area contributed by atoms with Crippen molar-refractivity contribution in [3.63, 3.8) is 0 Å². The maximum atomic E-state index is 12.7. The molecule has 2 rings (SSSR count). The highest BCUT2D eigenvalue weighted by atomic mass is 19.4. The standard InChI is InChI=1S/C13H18F3N3O/c1-10(20)9-18-4-6-19(7-5-18)12-8-11(2-3-17-12)13(14,15)16/h2-3,8,10,20H,4-7,9H2,1H3/t10-/m1/s1. The molecule has 2 heterocycles. The molecule has 0 spiro atoms. The highest BCUT2D eigenvalue weighted by molar-refractivity contribution is 5.42. The first-order chi connectivity index (χ1) is 9.36. The number of aliphatic hydroxyl groups is 1. The first-order valence-corrected chi connectivity index (χ1v) is 6.55. The second-order valence-corrected chi connectivity index (χ2v) is 5.04. The van der Waals surface area contributed by atoms with Gasteiger partial charge in [-0.25, -0.2) is 4.98 Å². The van der Waals surface area contributed by atoms with Gasteiger partial charge in [0.05, 0.1) is 11.7 Å². The maximum absolute atomic E-state index is 12.7. The lowest BCUT2D eigenvalue weighted by atomic mass is 10.2. The molecule has 1 N–H and O–H groups in total. The number of pyridine rings is 1. The number of halogens is 3. The predicted molar refractivity (Wildman–Crippen MR) is 69.6 cm³/mol. The highest BCUT2D eigenvalue weighted by Crippen LogP contribution is 2.30. The van der Waals surface area contributed by atoms with Gasteiger partial charge in [0.1, 0.15) is 5.82 Å². The van der Waals surface area contributed by atoms with E-state index in [-0.39, 0.29) is 0 Å². The Labute approximate surface area is 115 Å². The second kappa shape index (κ2) is 5.97. The third-order valence-electron chi connectivity index (χ3n) is 3.29. The number of hydrogen-bond donors (Lipinski definition) is 1. The van der Waals surface area contributed by atoms with Crippen LogP contribution < -0.4 is 4.90 Å². The Balaban J connectivity index is 2.00. The summed E-state index contributed by atoms with van der Waals surface area (Å²) in [5.41, 5.74) is -0.672. The van der Waals surface area contributed by atoms with Crippen molar-refractivity contribution in [2.75, 3.05) is 37.6 Å². The SMILES string of the molecule is C[C@@H](O)CN1CCN(c2cc(C(F)(F)F)ccn2)CC1. The Hall–Kier alpha value is -1.34. The third kappa shape index (κ3) is 3.83. The zero-order valence-electron chi connectivity index (χ0n) is 11.3. The van der Waals surface area contributed by atoms with Gasteiger partial charge < -0.3 is 10.0 Å². The summed E-state index contributed by atoms with van der Waals surface area (Å²) in [6.45, 7) is 4.96. The van der Waals surface area contributed by atoms with E-state index in [9.17, 15) is 18.3 Å². The highest BCUT2D eigenvalue weighted by Gasteiger charge is 2.31. The van der Waals surface area contributed by atoms with Crippen molar-refractivity contribution in [1.82, 2.24) is 9.88 Å². The third-order valence-corrected chi connectivity index (χ3v) is 3.29. The van der Waals surface area contributed by atoms with E-state index >= 15 is 0 Å². The summed E-state index contributed by atoms with van der Waals surface area (Å²) in [5, 5.41) is 9.32. The molecule has 1 aromatic heterocycles. The van der Waals surface area contributed by atoms with Crippen molar-refractivity contribution in [3.05, 3.63) is 23.9 Å². The Bertz CT molecular complexity index is 443. The van der Waals surface area contributed by atoms with Gasteiger partial charge in [-0.3, -0.25) is 4.90 Å². The molecule has 0 aromatic carbocycles. The molecule has 0 bridgehead atoms. The number of hydrogen-bond acceptors (Lipinski definition) is 4. The van der Waals surface area contributed by atoms with Crippen LogP contribution in [-0.2, 0) is 6.18 Å². The molecule has 1 fully saturated rings. The smallest absolute Gasteiger partial charge is 0.392 e. The van der Waals surface area contributed by atoms with Crippen LogP contribution in [0.1, 0.15) is 12.5 Å². The molecule has 1 atom stereocenters. The normalized spacial score (nSPS) is 19.1. The minimum Gasteiger partial charge on any atom is -0.392 e. The summed E-state index contributed by atoms with van der Waals surface area (Å²) in [7, 11) is 0. The summed E-state index contributed by atoms with van der Waals surface area (Å²) in [6, 6.07) is 2.07. The van der Waals surface area contributed by atoms with E-state index in [1.807, 2.05) is 4.90 Å². The molecule has 1 aliphatic rings. The monoisotopic (exact) mass is 289 g/mol. The van der Waals surface area contributed by atoms with Gasteiger partial charge in [-0.1, -0.05) is 0 Å². The Morgan fingerprint density at radius 1 is 1.30 bits per heavy atom. The molecular weight excluding hydrogens is 271 g/mol. The van der Waals surface area contributed by atoms with E-state index < -0.39 is 17.8 Å². The largest absolute Gasteiger partial charge is 0.416 e. The number of nitrogens with zero attached hydrogens (tertiary/aromatic N) is 3. The van der Waals surface area contributed by atoms with Crippen LogP contribution in [0.2, 0.25) is 0 Å². The molecule has 0 amide bonds. The van der Waals surface area contributed by atoms with Gasteiger partial charge >= 0.3 is 6.18 Å². The number of aliphatic hydroxyl groups excluding tert-OH is 1. The van der Waals surface area contributed by atoms with Crippen LogP contribution in [0, 0.1) is 0 Å². The van der Waals surface area contributed by atoms with Crippen LogP contribution in [0.3, 0.4) is 0 Å². The van der Waals surface area contributed by atoms with E-state index in [1.54, 1.807) is 6.92 Å². The molecule has 4 nitrogen and oxygen atoms in total. The Morgan fingerprint density at radius 2 is 1.95 bits per heavy atom. The van der Waals surface area contributed by atoms with Gasteiger partial charge in [0.15, 0.2) is 0 Å². The van der Waals surface area contributed by atoms with Gasteiger partial charge in [0.2, 0.25) is 0 Å². The van der Waals surface area contributed by atoms with E-state index in [1.165, 1.54) is 6.20 Å². The lowest BCUT2D eigenvalue weighted by Gasteiger charge is -2.36. The quantitative estimate of drug-likeness (QED) is 0.917. The van der Waals surface area contributed by atoms with Gasteiger partial charge in [0, 0.05) is 38.9 Å². The predicted octanol–water partition coefficient (Wildman–Crippen LogP) is 1.60. The van der Waals surface area contributed by atoms with Crippen LogP contribution in [0.25, 0.3) is 0 Å². The van der Waals surface area contributed by atoms with E-state index in [2.05, 4.69) is 9.88 Å².